The molecule has 2 aromatic rings. The van der Waals surface area contributed by atoms with Crippen molar-refractivity contribution in [1.82, 2.24) is 15.1 Å². The first kappa shape index (κ1) is 14.8. The third-order valence-electron chi connectivity index (χ3n) is 3.36. The molecule has 0 radical (unpaired) electrons. The van der Waals surface area contributed by atoms with E-state index in [9.17, 15) is 14.4 Å². The van der Waals surface area contributed by atoms with E-state index in [1.54, 1.807) is 13.0 Å². The molecule has 0 unspecified atom stereocenters. The molecule has 0 bridgehead atoms. The van der Waals surface area contributed by atoms with Crippen LogP contribution in [0.4, 0.5) is 0 Å². The van der Waals surface area contributed by atoms with Gasteiger partial charge in [-0.3, -0.25) is 19.1 Å². The number of hydrogen-bond acceptors (Lipinski definition) is 6. The summed E-state index contributed by atoms with van der Waals surface area (Å²) in [6.07, 6.45) is 0. The normalized spacial score (nSPS) is 12.4. The van der Waals surface area contributed by atoms with Gasteiger partial charge in [-0.1, -0.05) is 0 Å². The number of aliphatic carboxylic acids is 1. The van der Waals surface area contributed by atoms with Gasteiger partial charge in [0.2, 0.25) is 12.2 Å². The topological polar surface area (TPSA) is 120 Å². The predicted molar refractivity (Wildman–Crippen MR) is 77.8 cm³/mol. The molecule has 1 amide bonds. The summed E-state index contributed by atoms with van der Waals surface area (Å²) < 4.78 is 12.0. The number of carbonyl (C=O) groups is 2. The first-order valence-corrected chi connectivity index (χ1v) is 6.85. The van der Waals surface area contributed by atoms with Crippen LogP contribution in [0.5, 0.6) is 11.5 Å². The maximum Gasteiger partial charge on any atom is 0.322 e. The molecule has 1 aromatic carbocycles. The molecule has 120 valence electrons. The van der Waals surface area contributed by atoms with Gasteiger partial charge in [0.05, 0.1) is 10.9 Å². The molecule has 1 aliphatic rings. The smallest absolute Gasteiger partial charge is 0.322 e. The Kier molecular flexibility index (Phi) is 3.61. The Morgan fingerprint density at radius 1 is 1.35 bits per heavy atom. The molecule has 3 rings (SSSR count). The molecular weight excluding hydrogens is 306 g/mol. The monoisotopic (exact) mass is 319 g/mol. The van der Waals surface area contributed by atoms with Crippen LogP contribution in [-0.4, -0.2) is 40.1 Å². The van der Waals surface area contributed by atoms with E-state index < -0.39 is 23.9 Å². The fourth-order valence-corrected chi connectivity index (χ4v) is 2.30. The van der Waals surface area contributed by atoms with E-state index >= 15 is 0 Å². The number of benzene rings is 1. The summed E-state index contributed by atoms with van der Waals surface area (Å²) >= 11 is 0. The highest BCUT2D eigenvalue weighted by atomic mass is 16.7. The van der Waals surface area contributed by atoms with Crippen LogP contribution in [-0.2, 0) is 11.3 Å². The zero-order valence-electron chi connectivity index (χ0n) is 12.2. The summed E-state index contributed by atoms with van der Waals surface area (Å²) in [7, 11) is 0. The summed E-state index contributed by atoms with van der Waals surface area (Å²) in [5, 5.41) is 15.0. The molecule has 0 fully saturated rings. The van der Waals surface area contributed by atoms with E-state index in [1.807, 2.05) is 0 Å². The van der Waals surface area contributed by atoms with Gasteiger partial charge in [0.1, 0.15) is 6.54 Å². The van der Waals surface area contributed by atoms with Crippen molar-refractivity contribution >= 4 is 22.8 Å². The van der Waals surface area contributed by atoms with Crippen molar-refractivity contribution in [3.05, 3.63) is 28.0 Å². The Balaban J connectivity index is 2.15. The number of nitrogens with one attached hydrogen (secondary N) is 1. The maximum absolute atomic E-state index is 12.5. The van der Waals surface area contributed by atoms with Gasteiger partial charge in [-0.2, -0.15) is 5.10 Å². The first-order valence-electron chi connectivity index (χ1n) is 6.85. The van der Waals surface area contributed by atoms with Crippen LogP contribution in [0.25, 0.3) is 10.9 Å². The van der Waals surface area contributed by atoms with Gasteiger partial charge >= 0.3 is 5.97 Å². The molecule has 1 aromatic heterocycles. The average molecular weight is 319 g/mol. The lowest BCUT2D eigenvalue weighted by atomic mass is 10.1. The summed E-state index contributed by atoms with van der Waals surface area (Å²) in [5.41, 5.74) is -0.443. The molecule has 23 heavy (non-hydrogen) atoms. The number of rotatable bonds is 4. The fourth-order valence-electron chi connectivity index (χ4n) is 2.30. The largest absolute Gasteiger partial charge is 0.480 e. The van der Waals surface area contributed by atoms with Crippen molar-refractivity contribution in [1.29, 1.82) is 0 Å². The highest BCUT2D eigenvalue weighted by molar-refractivity contribution is 5.97. The number of carbonyl (C=O) groups excluding carboxylic acids is 1. The molecule has 2 heterocycles. The van der Waals surface area contributed by atoms with Crippen LogP contribution < -0.4 is 20.2 Å². The lowest BCUT2D eigenvalue weighted by molar-refractivity contribution is -0.135. The van der Waals surface area contributed by atoms with Gasteiger partial charge < -0.3 is 19.9 Å². The Bertz CT molecular complexity index is 873. The van der Waals surface area contributed by atoms with E-state index in [0.717, 1.165) is 0 Å². The number of nitrogens with zero attached hydrogens (tertiary/aromatic N) is 2. The molecule has 9 heteroatoms. The minimum Gasteiger partial charge on any atom is -0.480 e. The number of amides is 1. The molecule has 0 atom stereocenters. The molecule has 0 spiro atoms. The fraction of sp³-hybridized carbons (Fsp3) is 0.286. The van der Waals surface area contributed by atoms with Crippen LogP contribution in [0.15, 0.2) is 16.9 Å². The van der Waals surface area contributed by atoms with Crippen LogP contribution in [0.2, 0.25) is 0 Å². The molecule has 0 saturated heterocycles. The highest BCUT2D eigenvalue weighted by Gasteiger charge is 2.21. The molecule has 9 nitrogen and oxygen atoms in total. The Hall–Kier alpha value is -3.10. The van der Waals surface area contributed by atoms with E-state index in [4.69, 9.17) is 14.6 Å². The SMILES string of the molecule is CCn1nc(C(=O)NCC(=O)O)c(=O)c2cc3c(cc21)OCO3. The third-order valence-corrected chi connectivity index (χ3v) is 3.36. The van der Waals surface area contributed by atoms with Crippen LogP contribution >= 0.6 is 0 Å². The zero-order valence-corrected chi connectivity index (χ0v) is 12.2. The number of aryl methyl sites for hydroxylation is 1. The number of fused-ring (bicyclic) bond motifs is 2. The van der Waals surface area contributed by atoms with E-state index in [2.05, 4.69) is 10.4 Å². The minimum absolute atomic E-state index is 0.0609. The van der Waals surface area contributed by atoms with Gasteiger partial charge in [0.25, 0.3) is 5.91 Å². The highest BCUT2D eigenvalue weighted by Crippen LogP contribution is 2.34. The molecule has 1 aliphatic heterocycles. The van der Waals surface area contributed by atoms with Crippen molar-refractivity contribution < 1.29 is 24.2 Å². The van der Waals surface area contributed by atoms with Gasteiger partial charge in [-0.15, -0.1) is 0 Å². The summed E-state index contributed by atoms with van der Waals surface area (Å²) in [6, 6.07) is 3.14. The summed E-state index contributed by atoms with van der Waals surface area (Å²) in [5.74, 6) is -1.12. The molecule has 0 aliphatic carbocycles. The van der Waals surface area contributed by atoms with Crippen molar-refractivity contribution in [3.63, 3.8) is 0 Å². The Labute approximate surface area is 129 Å². The number of hydrogen-bond donors (Lipinski definition) is 2. The third kappa shape index (κ3) is 2.56. The standard InChI is InChI=1S/C14H13N3O6/c1-2-17-8-4-10-9(22-6-23-10)3-7(8)13(20)12(16-17)14(21)15-5-11(18)19/h3-4H,2,5-6H2,1H3,(H,15,21)(H,18,19). The second-order valence-electron chi connectivity index (χ2n) is 4.79. The number of carboxylic acids is 1. The molecular formula is C14H13N3O6. The molecule has 0 saturated carbocycles. The van der Waals surface area contributed by atoms with Gasteiger partial charge in [-0.05, 0) is 13.0 Å². The van der Waals surface area contributed by atoms with Gasteiger partial charge in [0, 0.05) is 12.6 Å². The van der Waals surface area contributed by atoms with Crippen LogP contribution in [0.3, 0.4) is 0 Å². The molecule has 2 N–H and O–H groups in total. The number of carboxylic acid groups (broad SMARTS) is 1. The quantitative estimate of drug-likeness (QED) is 0.811. The van der Waals surface area contributed by atoms with E-state index in [-0.39, 0.29) is 17.9 Å². The van der Waals surface area contributed by atoms with Crippen molar-refractivity contribution in [3.8, 4) is 11.5 Å². The lowest BCUT2D eigenvalue weighted by Crippen LogP contribution is -2.35. The van der Waals surface area contributed by atoms with Crippen molar-refractivity contribution in [2.75, 3.05) is 13.3 Å². The second-order valence-corrected chi connectivity index (χ2v) is 4.79. The first-order chi connectivity index (χ1) is 11.0. The maximum atomic E-state index is 12.5. The number of aromatic nitrogens is 2. The van der Waals surface area contributed by atoms with E-state index in [0.29, 0.717) is 23.6 Å². The summed E-state index contributed by atoms with van der Waals surface area (Å²) in [6.45, 7) is 1.69. The second kappa shape index (κ2) is 5.59. The zero-order chi connectivity index (χ0) is 16.6. The van der Waals surface area contributed by atoms with Crippen molar-refractivity contribution in [2.45, 2.75) is 13.5 Å². The lowest BCUT2D eigenvalue weighted by Gasteiger charge is -2.10. The van der Waals surface area contributed by atoms with Crippen LogP contribution in [0, 0.1) is 0 Å². The van der Waals surface area contributed by atoms with Gasteiger partial charge in [-0.25, -0.2) is 0 Å². The van der Waals surface area contributed by atoms with Crippen molar-refractivity contribution in [2.24, 2.45) is 0 Å². The Morgan fingerprint density at radius 2 is 2.04 bits per heavy atom. The van der Waals surface area contributed by atoms with Crippen LogP contribution in [0.1, 0.15) is 17.4 Å². The summed E-state index contributed by atoms with van der Waals surface area (Å²) in [4.78, 5) is 35.0. The Morgan fingerprint density at radius 3 is 2.70 bits per heavy atom. The van der Waals surface area contributed by atoms with Gasteiger partial charge in [0.15, 0.2) is 17.2 Å². The predicted octanol–water partition coefficient (Wildman–Crippen LogP) is -0.0405. The van der Waals surface area contributed by atoms with E-state index in [1.165, 1.54) is 10.7 Å². The number of ether oxygens (including phenoxy) is 2. The average Bonchev–Trinajstić information content (AvgIpc) is 2.99. The minimum atomic E-state index is -1.21.